The lowest BCUT2D eigenvalue weighted by Gasteiger charge is -2.40. The third-order valence-electron chi connectivity index (χ3n) is 6.52. The number of rotatable bonds is 8. The molecule has 7 heteroatoms. The van der Waals surface area contributed by atoms with Crippen LogP contribution in [0.2, 0.25) is 0 Å². The van der Waals surface area contributed by atoms with E-state index in [4.69, 9.17) is 4.99 Å². The number of amides is 1. The molecule has 2 heterocycles. The van der Waals surface area contributed by atoms with Gasteiger partial charge in [0.15, 0.2) is 5.96 Å². The second-order valence-electron chi connectivity index (χ2n) is 9.42. The van der Waals surface area contributed by atoms with Crippen LogP contribution in [0.4, 0.5) is 0 Å². The number of likely N-dealkylation sites (tertiary alicyclic amines) is 1. The van der Waals surface area contributed by atoms with Gasteiger partial charge in [-0.1, -0.05) is 30.7 Å². The average Bonchev–Trinajstić information content (AvgIpc) is 2.80. The maximum Gasteiger partial charge on any atom is 0.222 e. The Morgan fingerprint density at radius 1 is 1.06 bits per heavy atom. The summed E-state index contributed by atoms with van der Waals surface area (Å²) in [6, 6.07) is 8.46. The van der Waals surface area contributed by atoms with E-state index in [0.29, 0.717) is 6.42 Å². The first-order chi connectivity index (χ1) is 15.0. The highest BCUT2D eigenvalue weighted by Crippen LogP contribution is 2.21. The van der Waals surface area contributed by atoms with Crippen LogP contribution in [0.1, 0.15) is 64.0 Å². The second-order valence-corrected chi connectivity index (χ2v) is 9.42. The normalized spacial score (nSPS) is 17.3. The highest BCUT2D eigenvalue weighted by Gasteiger charge is 2.27. The molecule has 0 atom stereocenters. The predicted molar refractivity (Wildman–Crippen MR) is 144 cm³/mol. The Morgan fingerprint density at radius 2 is 1.78 bits per heavy atom. The van der Waals surface area contributed by atoms with E-state index in [9.17, 15) is 4.79 Å². The van der Waals surface area contributed by atoms with Gasteiger partial charge in [0.05, 0.1) is 6.54 Å². The number of carbonyl (C=O) groups excluding carboxylic acids is 1. The minimum atomic E-state index is 0. The Hall–Kier alpha value is -1.35. The van der Waals surface area contributed by atoms with Crippen LogP contribution in [0, 0.1) is 0 Å². The van der Waals surface area contributed by atoms with Crippen molar-refractivity contribution < 1.29 is 4.79 Å². The number of nitrogens with one attached hydrogen (secondary N) is 2. The Balaban J connectivity index is 0.00000363. The zero-order valence-electron chi connectivity index (χ0n) is 20.2. The van der Waals surface area contributed by atoms with E-state index in [1.807, 2.05) is 4.90 Å². The van der Waals surface area contributed by atoms with Crippen LogP contribution in [0.5, 0.6) is 0 Å². The third kappa shape index (κ3) is 7.90. The number of hydrogen-bond acceptors (Lipinski definition) is 3. The summed E-state index contributed by atoms with van der Waals surface area (Å²) in [5.41, 5.74) is 2.74. The summed E-state index contributed by atoms with van der Waals surface area (Å²) in [7, 11) is 0. The molecule has 1 saturated heterocycles. The fraction of sp³-hybridized carbons (Fsp3) is 0.680. The first kappa shape index (κ1) is 26.9. The van der Waals surface area contributed by atoms with Crippen molar-refractivity contribution in [1.82, 2.24) is 20.4 Å². The van der Waals surface area contributed by atoms with Crippen molar-refractivity contribution >= 4 is 35.8 Å². The van der Waals surface area contributed by atoms with Crippen molar-refractivity contribution in [1.29, 1.82) is 0 Å². The number of piperidine rings is 1. The van der Waals surface area contributed by atoms with Gasteiger partial charge in [-0.05, 0) is 70.7 Å². The maximum absolute atomic E-state index is 12.7. The van der Waals surface area contributed by atoms with Gasteiger partial charge < -0.3 is 15.5 Å². The van der Waals surface area contributed by atoms with E-state index in [0.717, 1.165) is 51.5 Å². The lowest BCUT2D eigenvalue weighted by atomic mass is 9.99. The number of halogens is 1. The number of aliphatic imine (C=N–C) groups is 1. The molecular weight excluding hydrogens is 513 g/mol. The van der Waals surface area contributed by atoms with E-state index < -0.39 is 0 Å². The van der Waals surface area contributed by atoms with Crippen LogP contribution in [-0.4, -0.2) is 66.5 Å². The summed E-state index contributed by atoms with van der Waals surface area (Å²) >= 11 is 0. The summed E-state index contributed by atoms with van der Waals surface area (Å²) < 4.78 is 0. The van der Waals surface area contributed by atoms with E-state index in [2.05, 4.69) is 60.6 Å². The summed E-state index contributed by atoms with van der Waals surface area (Å²) in [5.74, 6) is 1.11. The number of guanidine groups is 1. The molecule has 0 aromatic heterocycles. The zero-order chi connectivity index (χ0) is 22.1. The Kier molecular flexibility index (Phi) is 11.2. The molecule has 0 radical (unpaired) electrons. The number of fused-ring (bicyclic) bond motifs is 1. The topological polar surface area (TPSA) is 60.0 Å². The van der Waals surface area contributed by atoms with Gasteiger partial charge in [0.2, 0.25) is 5.91 Å². The molecule has 1 fully saturated rings. The predicted octanol–water partition coefficient (Wildman–Crippen LogP) is 3.79. The van der Waals surface area contributed by atoms with E-state index in [1.165, 1.54) is 43.5 Å². The minimum absolute atomic E-state index is 0. The summed E-state index contributed by atoms with van der Waals surface area (Å²) in [4.78, 5) is 22.1. The zero-order valence-corrected chi connectivity index (χ0v) is 22.5. The molecule has 180 valence electrons. The van der Waals surface area contributed by atoms with E-state index in [-0.39, 0.29) is 35.4 Å². The molecule has 0 saturated carbocycles. The van der Waals surface area contributed by atoms with Gasteiger partial charge in [0.1, 0.15) is 0 Å². The monoisotopic (exact) mass is 555 g/mol. The molecule has 2 N–H and O–H groups in total. The van der Waals surface area contributed by atoms with Gasteiger partial charge in [-0.25, -0.2) is 0 Å². The molecule has 6 nitrogen and oxygen atoms in total. The molecule has 0 bridgehead atoms. The molecule has 1 aromatic carbocycles. The number of hydrogen-bond donors (Lipinski definition) is 2. The van der Waals surface area contributed by atoms with E-state index >= 15 is 0 Å². The van der Waals surface area contributed by atoms with Crippen molar-refractivity contribution in [3.63, 3.8) is 0 Å². The summed E-state index contributed by atoms with van der Waals surface area (Å²) in [6.45, 7) is 13.0. The van der Waals surface area contributed by atoms with Gasteiger partial charge in [-0.2, -0.15) is 0 Å². The number of carbonyl (C=O) groups is 1. The standard InChI is InChI=1S/C25H41N5O.HI/c1-4-26-24(28-20-25(2,3)30-16-8-5-9-17-30)27-15-10-13-23(31)29-18-14-21-11-6-7-12-22(21)19-29;/h6-7,11-12H,4-5,8-10,13-20H2,1-3H3,(H2,26,27,28);1H. The minimum Gasteiger partial charge on any atom is -0.357 e. The lowest BCUT2D eigenvalue weighted by Crippen LogP contribution is -2.49. The molecule has 0 spiro atoms. The fourth-order valence-electron chi connectivity index (χ4n) is 4.53. The summed E-state index contributed by atoms with van der Waals surface area (Å²) in [6.07, 6.45) is 6.29. The quantitative estimate of drug-likeness (QED) is 0.222. The van der Waals surface area contributed by atoms with Gasteiger partial charge in [0.25, 0.3) is 0 Å². The molecule has 1 amide bonds. The van der Waals surface area contributed by atoms with Crippen LogP contribution >= 0.6 is 24.0 Å². The van der Waals surface area contributed by atoms with Crippen LogP contribution in [-0.2, 0) is 17.8 Å². The largest absolute Gasteiger partial charge is 0.357 e. The highest BCUT2D eigenvalue weighted by molar-refractivity contribution is 14.0. The molecule has 0 unspecified atom stereocenters. The van der Waals surface area contributed by atoms with Crippen molar-refractivity contribution in [3.05, 3.63) is 35.4 Å². The lowest BCUT2D eigenvalue weighted by molar-refractivity contribution is -0.132. The average molecular weight is 556 g/mol. The van der Waals surface area contributed by atoms with Crippen molar-refractivity contribution in [2.24, 2.45) is 4.99 Å². The van der Waals surface area contributed by atoms with Crippen molar-refractivity contribution in [3.8, 4) is 0 Å². The molecule has 2 aliphatic rings. The Labute approximate surface area is 211 Å². The van der Waals surface area contributed by atoms with Gasteiger partial charge >= 0.3 is 0 Å². The first-order valence-electron chi connectivity index (χ1n) is 12.1. The van der Waals surface area contributed by atoms with Crippen molar-refractivity contribution in [2.75, 3.05) is 39.3 Å². The second kappa shape index (κ2) is 13.4. The molecule has 32 heavy (non-hydrogen) atoms. The maximum atomic E-state index is 12.7. The van der Waals surface area contributed by atoms with Gasteiger partial charge in [0, 0.05) is 38.1 Å². The molecular formula is C25H42IN5O. The number of nitrogens with zero attached hydrogens (tertiary/aromatic N) is 3. The molecule has 0 aliphatic carbocycles. The van der Waals surface area contributed by atoms with Gasteiger partial charge in [-0.15, -0.1) is 24.0 Å². The molecule has 1 aromatic rings. The van der Waals surface area contributed by atoms with Crippen LogP contribution < -0.4 is 10.6 Å². The fourth-order valence-corrected chi connectivity index (χ4v) is 4.53. The smallest absolute Gasteiger partial charge is 0.222 e. The van der Waals surface area contributed by atoms with E-state index in [1.54, 1.807) is 0 Å². The SMILES string of the molecule is CCNC(=NCC(C)(C)N1CCCCC1)NCCCC(=O)N1CCc2ccccc2C1.I. The third-order valence-corrected chi connectivity index (χ3v) is 6.52. The van der Waals surface area contributed by atoms with Crippen LogP contribution in [0.25, 0.3) is 0 Å². The Morgan fingerprint density at radius 3 is 2.50 bits per heavy atom. The van der Waals surface area contributed by atoms with Crippen molar-refractivity contribution in [2.45, 2.75) is 71.4 Å². The number of benzene rings is 1. The van der Waals surface area contributed by atoms with Crippen LogP contribution in [0.15, 0.2) is 29.3 Å². The highest BCUT2D eigenvalue weighted by atomic mass is 127. The molecule has 2 aliphatic heterocycles. The van der Waals surface area contributed by atoms with Gasteiger partial charge in [-0.3, -0.25) is 14.7 Å². The molecule has 3 rings (SSSR count). The summed E-state index contributed by atoms with van der Waals surface area (Å²) in [5, 5.41) is 6.77. The Bertz CT molecular complexity index is 746. The first-order valence-corrected chi connectivity index (χ1v) is 12.1. The van der Waals surface area contributed by atoms with Crippen LogP contribution in [0.3, 0.4) is 0 Å².